The van der Waals surface area contributed by atoms with Gasteiger partial charge in [0.25, 0.3) is 0 Å². The third kappa shape index (κ3) is 3.54. The Bertz CT molecular complexity index is 444. The Morgan fingerprint density at radius 1 is 1.29 bits per heavy atom. The maximum atomic E-state index is 5.19. The van der Waals surface area contributed by atoms with E-state index in [-0.39, 0.29) is 18.4 Å². The van der Waals surface area contributed by atoms with Gasteiger partial charge >= 0.3 is 0 Å². The average Bonchev–Trinajstić information content (AvgIpc) is 2.78. The van der Waals surface area contributed by atoms with Crippen molar-refractivity contribution in [1.29, 1.82) is 0 Å². The highest BCUT2D eigenvalue weighted by atomic mass is 35.5. The molecule has 2 aromatic rings. The van der Waals surface area contributed by atoms with Crippen molar-refractivity contribution in [2.45, 2.75) is 19.4 Å². The third-order valence-electron chi connectivity index (χ3n) is 2.50. The minimum Gasteiger partial charge on any atom is -0.339 e. The van der Waals surface area contributed by atoms with Gasteiger partial charge < -0.3 is 9.84 Å². The summed E-state index contributed by atoms with van der Waals surface area (Å²) >= 11 is 0. The number of nitrogens with zero attached hydrogens (tertiary/aromatic N) is 2. The standard InChI is InChI=1S/C12H15N3O.ClH/c1-9(13-2)12-14-11(16-15-12)8-10-6-4-3-5-7-10;/h3-7,9,13H,8H2,1-2H3;1H. The summed E-state index contributed by atoms with van der Waals surface area (Å²) < 4.78 is 5.19. The smallest absolute Gasteiger partial charge is 0.231 e. The summed E-state index contributed by atoms with van der Waals surface area (Å²) in [5.74, 6) is 1.36. The maximum Gasteiger partial charge on any atom is 0.231 e. The summed E-state index contributed by atoms with van der Waals surface area (Å²) in [6, 6.07) is 10.2. The van der Waals surface area contributed by atoms with Gasteiger partial charge in [0.05, 0.1) is 12.5 Å². The predicted molar refractivity (Wildman–Crippen MR) is 68.3 cm³/mol. The molecule has 0 saturated heterocycles. The van der Waals surface area contributed by atoms with E-state index in [1.807, 2.05) is 44.3 Å². The van der Waals surface area contributed by atoms with Crippen LogP contribution in [0.2, 0.25) is 0 Å². The van der Waals surface area contributed by atoms with Crippen LogP contribution in [-0.4, -0.2) is 17.2 Å². The second-order valence-electron chi connectivity index (χ2n) is 3.72. The Balaban J connectivity index is 0.00000144. The van der Waals surface area contributed by atoms with E-state index in [2.05, 4.69) is 15.5 Å². The van der Waals surface area contributed by atoms with Gasteiger partial charge in [-0.05, 0) is 19.5 Å². The van der Waals surface area contributed by atoms with Crippen molar-refractivity contribution in [3.05, 3.63) is 47.6 Å². The lowest BCUT2D eigenvalue weighted by atomic mass is 10.1. The summed E-state index contributed by atoms with van der Waals surface area (Å²) in [6.07, 6.45) is 0.685. The Hall–Kier alpha value is -1.39. The van der Waals surface area contributed by atoms with Crippen LogP contribution < -0.4 is 5.32 Å². The van der Waals surface area contributed by atoms with Crippen molar-refractivity contribution < 1.29 is 4.52 Å². The van der Waals surface area contributed by atoms with Gasteiger partial charge in [-0.25, -0.2) is 0 Å². The molecule has 1 N–H and O–H groups in total. The molecule has 0 fully saturated rings. The second-order valence-corrected chi connectivity index (χ2v) is 3.72. The van der Waals surface area contributed by atoms with Crippen molar-refractivity contribution in [2.75, 3.05) is 7.05 Å². The van der Waals surface area contributed by atoms with Crippen molar-refractivity contribution in [3.8, 4) is 0 Å². The number of benzene rings is 1. The first-order valence-corrected chi connectivity index (χ1v) is 5.33. The Labute approximate surface area is 107 Å². The van der Waals surface area contributed by atoms with Crippen LogP contribution in [0.3, 0.4) is 0 Å². The summed E-state index contributed by atoms with van der Waals surface area (Å²) in [7, 11) is 1.87. The molecule has 4 nitrogen and oxygen atoms in total. The molecule has 1 aromatic heterocycles. The predicted octanol–water partition coefficient (Wildman–Crippen LogP) is 2.36. The van der Waals surface area contributed by atoms with Gasteiger partial charge in [0.15, 0.2) is 5.82 Å². The number of hydrogen-bond acceptors (Lipinski definition) is 4. The van der Waals surface area contributed by atoms with E-state index in [4.69, 9.17) is 4.52 Å². The lowest BCUT2D eigenvalue weighted by molar-refractivity contribution is 0.374. The van der Waals surface area contributed by atoms with Crippen LogP contribution >= 0.6 is 12.4 Å². The Morgan fingerprint density at radius 2 is 2.00 bits per heavy atom. The molecule has 17 heavy (non-hydrogen) atoms. The molecule has 1 aromatic carbocycles. The van der Waals surface area contributed by atoms with Crippen LogP contribution in [0.4, 0.5) is 0 Å². The fourth-order valence-electron chi connectivity index (χ4n) is 1.42. The van der Waals surface area contributed by atoms with E-state index in [9.17, 15) is 0 Å². The molecular formula is C12H16ClN3O. The fourth-order valence-corrected chi connectivity index (χ4v) is 1.42. The topological polar surface area (TPSA) is 51.0 Å². The lowest BCUT2D eigenvalue weighted by Crippen LogP contribution is -2.13. The van der Waals surface area contributed by atoms with Crippen LogP contribution in [0.15, 0.2) is 34.9 Å². The minimum atomic E-state index is 0. The number of rotatable bonds is 4. The molecular weight excluding hydrogens is 238 g/mol. The SMILES string of the molecule is CNC(C)c1noc(Cc2ccccc2)n1.Cl. The molecule has 1 atom stereocenters. The zero-order chi connectivity index (χ0) is 11.4. The van der Waals surface area contributed by atoms with Crippen molar-refractivity contribution in [1.82, 2.24) is 15.5 Å². The highest BCUT2D eigenvalue weighted by Gasteiger charge is 2.11. The first-order chi connectivity index (χ1) is 7.79. The van der Waals surface area contributed by atoms with Gasteiger partial charge in [-0.15, -0.1) is 12.4 Å². The fraction of sp³-hybridized carbons (Fsp3) is 0.333. The minimum absolute atomic E-state index is 0. The van der Waals surface area contributed by atoms with Gasteiger partial charge in [-0.3, -0.25) is 0 Å². The van der Waals surface area contributed by atoms with Gasteiger partial charge in [-0.1, -0.05) is 35.5 Å². The Kier molecular flexibility index (Phi) is 5.12. The van der Waals surface area contributed by atoms with Crippen LogP contribution in [0.25, 0.3) is 0 Å². The van der Waals surface area contributed by atoms with E-state index in [0.717, 1.165) is 0 Å². The van der Waals surface area contributed by atoms with Crippen LogP contribution in [0, 0.1) is 0 Å². The molecule has 1 unspecified atom stereocenters. The summed E-state index contributed by atoms with van der Waals surface area (Å²) in [6.45, 7) is 2.00. The second kappa shape index (κ2) is 6.37. The van der Waals surface area contributed by atoms with Gasteiger partial charge in [0.1, 0.15) is 0 Å². The molecule has 0 amide bonds. The third-order valence-corrected chi connectivity index (χ3v) is 2.50. The van der Waals surface area contributed by atoms with Crippen LogP contribution in [0.1, 0.15) is 30.2 Å². The normalized spacial score (nSPS) is 11.9. The molecule has 0 spiro atoms. The Morgan fingerprint density at radius 3 is 2.65 bits per heavy atom. The molecule has 1 heterocycles. The first kappa shape index (κ1) is 13.7. The number of nitrogens with one attached hydrogen (secondary N) is 1. The monoisotopic (exact) mass is 253 g/mol. The highest BCUT2D eigenvalue weighted by molar-refractivity contribution is 5.85. The molecule has 0 aliphatic rings. The first-order valence-electron chi connectivity index (χ1n) is 5.33. The molecule has 0 saturated carbocycles. The summed E-state index contributed by atoms with van der Waals surface area (Å²) in [5.41, 5.74) is 1.18. The molecule has 2 rings (SSSR count). The largest absolute Gasteiger partial charge is 0.339 e. The van der Waals surface area contributed by atoms with Gasteiger partial charge in [0, 0.05) is 0 Å². The molecule has 0 aliphatic heterocycles. The molecule has 5 heteroatoms. The number of halogens is 1. The number of hydrogen-bond donors (Lipinski definition) is 1. The van der Waals surface area contributed by atoms with Gasteiger partial charge in [-0.2, -0.15) is 4.98 Å². The van der Waals surface area contributed by atoms with E-state index in [1.54, 1.807) is 0 Å². The van der Waals surface area contributed by atoms with Gasteiger partial charge in [0.2, 0.25) is 5.89 Å². The van der Waals surface area contributed by atoms with Crippen LogP contribution in [0.5, 0.6) is 0 Å². The molecule has 0 bridgehead atoms. The van der Waals surface area contributed by atoms with Crippen molar-refractivity contribution >= 4 is 12.4 Å². The zero-order valence-electron chi connectivity index (χ0n) is 9.88. The maximum absolute atomic E-state index is 5.19. The van der Waals surface area contributed by atoms with E-state index in [1.165, 1.54) is 5.56 Å². The molecule has 0 radical (unpaired) electrons. The molecule has 0 aliphatic carbocycles. The number of aromatic nitrogens is 2. The summed E-state index contributed by atoms with van der Waals surface area (Å²) in [5, 5.41) is 7.01. The summed E-state index contributed by atoms with van der Waals surface area (Å²) in [4.78, 5) is 4.34. The van der Waals surface area contributed by atoms with E-state index < -0.39 is 0 Å². The van der Waals surface area contributed by atoms with Crippen molar-refractivity contribution in [2.24, 2.45) is 0 Å². The van der Waals surface area contributed by atoms with E-state index >= 15 is 0 Å². The average molecular weight is 254 g/mol. The molecule has 92 valence electrons. The van der Waals surface area contributed by atoms with Crippen molar-refractivity contribution in [3.63, 3.8) is 0 Å². The van der Waals surface area contributed by atoms with E-state index in [0.29, 0.717) is 18.1 Å². The quantitative estimate of drug-likeness (QED) is 0.909. The van der Waals surface area contributed by atoms with Crippen LogP contribution in [-0.2, 0) is 6.42 Å². The lowest BCUT2D eigenvalue weighted by Gasteiger charge is -2.01. The zero-order valence-corrected chi connectivity index (χ0v) is 10.7. The highest BCUT2D eigenvalue weighted by Crippen LogP contribution is 2.11.